The minimum atomic E-state index is -0.540. The van der Waals surface area contributed by atoms with Crippen LogP contribution in [0.2, 0.25) is 0 Å². The van der Waals surface area contributed by atoms with E-state index in [2.05, 4.69) is 31.9 Å². The van der Waals surface area contributed by atoms with Crippen LogP contribution in [0.25, 0.3) is 0 Å². The van der Waals surface area contributed by atoms with Crippen LogP contribution < -0.4 is 11.5 Å². The molecule has 1 aliphatic rings. The van der Waals surface area contributed by atoms with Gasteiger partial charge < -0.3 is 11.5 Å². The highest BCUT2D eigenvalue weighted by atomic mass is 15.2. The van der Waals surface area contributed by atoms with E-state index < -0.39 is 5.66 Å². The Labute approximate surface area is 156 Å². The molecule has 2 heterocycles. The summed E-state index contributed by atoms with van der Waals surface area (Å²) in [4.78, 5) is 21.6. The molecule has 7 heteroatoms. The van der Waals surface area contributed by atoms with E-state index in [0.717, 1.165) is 12.8 Å². The van der Waals surface area contributed by atoms with Crippen LogP contribution >= 0.6 is 0 Å². The second-order valence-corrected chi connectivity index (χ2v) is 7.15. The van der Waals surface area contributed by atoms with Gasteiger partial charge in [0.2, 0.25) is 11.9 Å². The van der Waals surface area contributed by atoms with Crippen LogP contribution in [0.5, 0.6) is 0 Å². The van der Waals surface area contributed by atoms with Gasteiger partial charge in [-0.3, -0.25) is 9.98 Å². The molecule has 4 N–H and O–H groups in total. The Kier molecular flexibility index (Phi) is 7.94. The molecule has 144 valence electrons. The summed E-state index contributed by atoms with van der Waals surface area (Å²) in [5, 5.41) is 0. The Bertz CT molecular complexity index is 580. The van der Waals surface area contributed by atoms with Gasteiger partial charge in [-0.15, -0.1) is 0 Å². The van der Waals surface area contributed by atoms with Crippen LogP contribution in [-0.2, 0) is 0 Å². The number of anilines is 2. The van der Waals surface area contributed by atoms with E-state index in [4.69, 9.17) is 11.5 Å². The quantitative estimate of drug-likeness (QED) is 0.549. The monoisotopic (exact) mass is 359 g/mol. The standard InChI is InChI=1S/C19H33N7/c1-3-4-5-6-7-8-9-10-11-12-19(22-13-14-23-19)15(2)16-24-17(20)26-18(21)25-16/h13-15H,3-12H2,1-2H3,(H4,20,21,24,25,26). The topological polar surface area (TPSA) is 115 Å². The maximum absolute atomic E-state index is 5.72. The highest BCUT2D eigenvalue weighted by Crippen LogP contribution is 2.37. The van der Waals surface area contributed by atoms with Crippen LogP contribution in [0.4, 0.5) is 11.9 Å². The number of nitrogen functional groups attached to an aromatic ring is 2. The Hall–Kier alpha value is -2.05. The largest absolute Gasteiger partial charge is 0.368 e. The predicted octanol–water partition coefficient (Wildman–Crippen LogP) is 3.91. The molecule has 0 fully saturated rings. The van der Waals surface area contributed by atoms with E-state index in [9.17, 15) is 0 Å². The molecule has 0 saturated carbocycles. The van der Waals surface area contributed by atoms with E-state index in [0.29, 0.717) is 5.82 Å². The van der Waals surface area contributed by atoms with Crippen molar-refractivity contribution in [2.75, 3.05) is 11.5 Å². The lowest BCUT2D eigenvalue weighted by Crippen LogP contribution is -2.31. The number of rotatable bonds is 12. The van der Waals surface area contributed by atoms with E-state index in [1.165, 1.54) is 51.4 Å². The summed E-state index contributed by atoms with van der Waals surface area (Å²) < 4.78 is 0. The Morgan fingerprint density at radius 3 is 1.85 bits per heavy atom. The molecule has 26 heavy (non-hydrogen) atoms. The molecule has 1 aromatic heterocycles. The van der Waals surface area contributed by atoms with Crippen LogP contribution in [0.15, 0.2) is 9.98 Å². The smallest absolute Gasteiger partial charge is 0.225 e. The molecule has 0 radical (unpaired) electrons. The van der Waals surface area contributed by atoms with Crippen molar-refractivity contribution in [3.05, 3.63) is 5.82 Å². The minimum absolute atomic E-state index is 0.0980. The molecule has 0 bridgehead atoms. The molecule has 7 nitrogen and oxygen atoms in total. The van der Waals surface area contributed by atoms with E-state index in [1.54, 1.807) is 12.4 Å². The first kappa shape index (κ1) is 20.3. The zero-order valence-electron chi connectivity index (χ0n) is 16.2. The number of aromatic nitrogens is 3. The summed E-state index contributed by atoms with van der Waals surface area (Å²) in [5.41, 5.74) is 10.9. The van der Waals surface area contributed by atoms with Crippen molar-refractivity contribution >= 4 is 24.3 Å². The number of hydrogen-bond donors (Lipinski definition) is 2. The summed E-state index contributed by atoms with van der Waals surface area (Å²) in [7, 11) is 0. The van der Waals surface area contributed by atoms with E-state index in [-0.39, 0.29) is 17.8 Å². The molecular formula is C19H33N7. The van der Waals surface area contributed by atoms with Gasteiger partial charge in [0.25, 0.3) is 0 Å². The van der Waals surface area contributed by atoms with E-state index >= 15 is 0 Å². The molecular weight excluding hydrogens is 326 g/mol. The molecule has 0 amide bonds. The molecule has 1 unspecified atom stereocenters. The van der Waals surface area contributed by atoms with Gasteiger partial charge >= 0.3 is 0 Å². The lowest BCUT2D eigenvalue weighted by Gasteiger charge is -2.29. The lowest BCUT2D eigenvalue weighted by molar-refractivity contribution is 0.336. The van der Waals surface area contributed by atoms with Crippen molar-refractivity contribution in [3.63, 3.8) is 0 Å². The van der Waals surface area contributed by atoms with Crippen molar-refractivity contribution in [2.45, 2.75) is 89.6 Å². The summed E-state index contributed by atoms with van der Waals surface area (Å²) in [6.45, 7) is 4.28. The molecule has 0 aliphatic carbocycles. The summed E-state index contributed by atoms with van der Waals surface area (Å²) >= 11 is 0. The third kappa shape index (κ3) is 5.75. The highest BCUT2D eigenvalue weighted by Gasteiger charge is 2.38. The van der Waals surface area contributed by atoms with Crippen molar-refractivity contribution in [3.8, 4) is 0 Å². The molecule has 0 aromatic carbocycles. The van der Waals surface area contributed by atoms with Gasteiger partial charge in [-0.2, -0.15) is 15.0 Å². The maximum atomic E-state index is 5.72. The molecule has 1 atom stereocenters. The summed E-state index contributed by atoms with van der Waals surface area (Å²) in [6.07, 6.45) is 16.0. The summed E-state index contributed by atoms with van der Waals surface area (Å²) in [5.74, 6) is 0.744. The first-order chi connectivity index (χ1) is 12.6. The first-order valence-corrected chi connectivity index (χ1v) is 9.93. The van der Waals surface area contributed by atoms with E-state index in [1.807, 2.05) is 6.92 Å². The second kappa shape index (κ2) is 10.2. The molecule has 2 rings (SSSR count). The summed E-state index contributed by atoms with van der Waals surface area (Å²) in [6, 6.07) is 0. The van der Waals surface area contributed by atoms with Crippen LogP contribution in [0.1, 0.15) is 89.8 Å². The fourth-order valence-electron chi connectivity index (χ4n) is 3.45. The van der Waals surface area contributed by atoms with Gasteiger partial charge in [0.1, 0.15) is 5.82 Å². The van der Waals surface area contributed by atoms with Crippen molar-refractivity contribution in [1.82, 2.24) is 15.0 Å². The normalized spacial score (nSPS) is 16.2. The van der Waals surface area contributed by atoms with Crippen LogP contribution in [0.3, 0.4) is 0 Å². The Balaban J connectivity index is 1.82. The number of nitrogens with zero attached hydrogens (tertiary/aromatic N) is 5. The predicted molar refractivity (Wildman–Crippen MR) is 109 cm³/mol. The van der Waals surface area contributed by atoms with Gasteiger partial charge in [0, 0.05) is 12.4 Å². The van der Waals surface area contributed by atoms with Crippen LogP contribution in [0, 0.1) is 0 Å². The van der Waals surface area contributed by atoms with Gasteiger partial charge in [-0.25, -0.2) is 0 Å². The number of unbranched alkanes of at least 4 members (excludes halogenated alkanes) is 8. The lowest BCUT2D eigenvalue weighted by atomic mass is 9.89. The van der Waals surface area contributed by atoms with Gasteiger partial charge in [-0.05, 0) is 12.8 Å². The number of aliphatic imine (C=N–C) groups is 2. The van der Waals surface area contributed by atoms with Crippen LogP contribution in [-0.4, -0.2) is 33.0 Å². The zero-order valence-corrected chi connectivity index (χ0v) is 16.2. The number of hydrogen-bond acceptors (Lipinski definition) is 7. The van der Waals surface area contributed by atoms with Gasteiger partial charge in [0.15, 0.2) is 5.66 Å². The molecule has 1 aliphatic heterocycles. The third-order valence-electron chi connectivity index (χ3n) is 5.08. The minimum Gasteiger partial charge on any atom is -0.368 e. The fraction of sp³-hybridized carbons (Fsp3) is 0.737. The highest BCUT2D eigenvalue weighted by molar-refractivity contribution is 6.17. The SMILES string of the molecule is CCCCCCCCCCCC1(C(C)c2nc(N)nc(N)n2)N=CC=N1. The van der Waals surface area contributed by atoms with Crippen molar-refractivity contribution in [2.24, 2.45) is 9.98 Å². The van der Waals surface area contributed by atoms with Gasteiger partial charge in [-0.1, -0.05) is 65.2 Å². The number of nitrogens with two attached hydrogens (primary N) is 2. The van der Waals surface area contributed by atoms with Crippen molar-refractivity contribution < 1.29 is 0 Å². The molecule has 0 saturated heterocycles. The first-order valence-electron chi connectivity index (χ1n) is 9.93. The fourth-order valence-corrected chi connectivity index (χ4v) is 3.45. The zero-order chi connectivity index (χ0) is 18.8. The third-order valence-corrected chi connectivity index (χ3v) is 5.08. The molecule has 0 spiro atoms. The van der Waals surface area contributed by atoms with Crippen molar-refractivity contribution in [1.29, 1.82) is 0 Å². The second-order valence-electron chi connectivity index (χ2n) is 7.15. The average Bonchev–Trinajstić information content (AvgIpc) is 3.09. The Morgan fingerprint density at radius 1 is 0.808 bits per heavy atom. The molecule has 1 aromatic rings. The Morgan fingerprint density at radius 2 is 1.31 bits per heavy atom. The average molecular weight is 360 g/mol. The van der Waals surface area contributed by atoms with Gasteiger partial charge in [0.05, 0.1) is 5.92 Å². The maximum Gasteiger partial charge on any atom is 0.225 e.